The van der Waals surface area contributed by atoms with Crippen LogP contribution in [0.2, 0.25) is 0 Å². The number of H-pyrrole nitrogens is 1. The Hall–Kier alpha value is -3.05. The number of aromatic nitrogens is 2. The Morgan fingerprint density at radius 1 is 1.19 bits per heavy atom. The van der Waals surface area contributed by atoms with Gasteiger partial charge in [-0.25, -0.2) is 8.78 Å². The van der Waals surface area contributed by atoms with Crippen LogP contribution in [0.1, 0.15) is 48.0 Å². The van der Waals surface area contributed by atoms with Gasteiger partial charge in [0.05, 0.1) is 25.1 Å². The predicted octanol–water partition coefficient (Wildman–Crippen LogP) is 2.86. The second-order valence-electron chi connectivity index (χ2n) is 7.07. The number of hydrogen-bond donors (Lipinski definition) is 3. The summed E-state index contributed by atoms with van der Waals surface area (Å²) in [4.78, 5) is 25.2. The number of nitrogens with one attached hydrogen (secondary N) is 3. The molecule has 170 valence electrons. The minimum absolute atomic E-state index is 0. The van der Waals surface area contributed by atoms with Crippen LogP contribution < -0.4 is 15.4 Å². The van der Waals surface area contributed by atoms with Crippen molar-refractivity contribution in [3.63, 3.8) is 0 Å². The molecule has 2 aromatic rings. The molecular formula is C20H26F2N4O5. The van der Waals surface area contributed by atoms with Crippen molar-refractivity contribution in [2.45, 2.75) is 37.8 Å². The summed E-state index contributed by atoms with van der Waals surface area (Å²) in [6, 6.07) is 1.93. The molecule has 1 aliphatic rings. The third kappa shape index (κ3) is 5.36. The standard InChI is InChI=1S/C20H24F2N4O5.H2/c1-29-10-31-12-5-3-11(4-6-12)24-20(28)18-14(9-23-26-18)25-19(27)16-15(30-2)8-7-13(21)17(16)22;/h7-9,11-12H,3-6,10H2,1-2H3,(H,23,26)(H,24,28)(H,25,27);1H. The van der Waals surface area contributed by atoms with E-state index in [1.165, 1.54) is 13.3 Å². The molecule has 3 N–H and O–H groups in total. The fourth-order valence-electron chi connectivity index (χ4n) is 3.45. The molecule has 1 saturated carbocycles. The van der Waals surface area contributed by atoms with Crippen LogP contribution in [0.5, 0.6) is 5.75 Å². The molecule has 0 bridgehead atoms. The highest BCUT2D eigenvalue weighted by atomic mass is 19.2. The van der Waals surface area contributed by atoms with Crippen molar-refractivity contribution < 1.29 is 34.0 Å². The van der Waals surface area contributed by atoms with E-state index in [0.717, 1.165) is 37.8 Å². The lowest BCUT2D eigenvalue weighted by Gasteiger charge is -2.28. The number of nitrogens with zero attached hydrogens (tertiary/aromatic N) is 1. The van der Waals surface area contributed by atoms with Crippen LogP contribution in [-0.4, -0.2) is 55.2 Å². The molecule has 0 saturated heterocycles. The number of rotatable bonds is 8. The van der Waals surface area contributed by atoms with Crippen molar-refractivity contribution in [3.8, 4) is 5.75 Å². The molecule has 1 aromatic heterocycles. The number of amides is 2. The van der Waals surface area contributed by atoms with E-state index in [9.17, 15) is 18.4 Å². The Bertz CT molecular complexity index is 935. The first kappa shape index (κ1) is 22.6. The summed E-state index contributed by atoms with van der Waals surface area (Å²) in [5.41, 5.74) is -0.573. The van der Waals surface area contributed by atoms with Gasteiger partial charge in [-0.15, -0.1) is 0 Å². The first-order valence-corrected chi connectivity index (χ1v) is 9.72. The number of halogens is 2. The molecule has 1 fully saturated rings. The van der Waals surface area contributed by atoms with Crippen molar-refractivity contribution in [3.05, 3.63) is 41.2 Å². The lowest BCUT2D eigenvalue weighted by molar-refractivity contribution is -0.0837. The van der Waals surface area contributed by atoms with Gasteiger partial charge in [-0.3, -0.25) is 14.7 Å². The fraction of sp³-hybridized carbons (Fsp3) is 0.450. The molecule has 9 nitrogen and oxygen atoms in total. The zero-order valence-corrected chi connectivity index (χ0v) is 17.2. The van der Waals surface area contributed by atoms with Gasteiger partial charge in [0.2, 0.25) is 0 Å². The van der Waals surface area contributed by atoms with Gasteiger partial charge in [-0.2, -0.15) is 5.10 Å². The van der Waals surface area contributed by atoms with Gasteiger partial charge in [0.1, 0.15) is 23.8 Å². The minimum Gasteiger partial charge on any atom is -0.496 e. The highest BCUT2D eigenvalue weighted by molar-refractivity contribution is 6.09. The van der Waals surface area contributed by atoms with Crippen LogP contribution >= 0.6 is 0 Å². The molecule has 11 heteroatoms. The predicted molar refractivity (Wildman–Crippen MR) is 108 cm³/mol. The molecule has 0 radical (unpaired) electrons. The van der Waals surface area contributed by atoms with Gasteiger partial charge in [-0.05, 0) is 37.8 Å². The Morgan fingerprint density at radius 3 is 2.61 bits per heavy atom. The molecule has 0 atom stereocenters. The summed E-state index contributed by atoms with van der Waals surface area (Å²) in [7, 11) is 2.79. The highest BCUT2D eigenvalue weighted by Crippen LogP contribution is 2.26. The Morgan fingerprint density at radius 2 is 1.94 bits per heavy atom. The zero-order valence-electron chi connectivity index (χ0n) is 17.2. The van der Waals surface area contributed by atoms with Crippen LogP contribution in [0.25, 0.3) is 0 Å². The lowest BCUT2D eigenvalue weighted by atomic mass is 9.93. The normalized spacial score (nSPS) is 18.5. The monoisotopic (exact) mass is 440 g/mol. The number of aromatic amines is 1. The van der Waals surface area contributed by atoms with Gasteiger partial charge in [0.15, 0.2) is 11.6 Å². The first-order chi connectivity index (χ1) is 14.9. The van der Waals surface area contributed by atoms with Gasteiger partial charge in [0, 0.05) is 14.6 Å². The summed E-state index contributed by atoms with van der Waals surface area (Å²) in [5.74, 6) is -4.13. The van der Waals surface area contributed by atoms with Crippen molar-refractivity contribution in [1.29, 1.82) is 0 Å². The van der Waals surface area contributed by atoms with E-state index >= 15 is 0 Å². The van der Waals surface area contributed by atoms with Crippen molar-refractivity contribution in [2.24, 2.45) is 0 Å². The van der Waals surface area contributed by atoms with Gasteiger partial charge in [0.25, 0.3) is 11.8 Å². The molecule has 3 rings (SSSR count). The number of benzene rings is 1. The number of anilines is 1. The molecular weight excluding hydrogens is 414 g/mol. The van der Waals surface area contributed by atoms with E-state index in [0.29, 0.717) is 0 Å². The van der Waals surface area contributed by atoms with Crippen LogP contribution in [0.3, 0.4) is 0 Å². The molecule has 1 aromatic carbocycles. The van der Waals surface area contributed by atoms with Crippen molar-refractivity contribution in [2.75, 3.05) is 26.3 Å². The summed E-state index contributed by atoms with van der Waals surface area (Å²) >= 11 is 0. The van der Waals surface area contributed by atoms with Crippen LogP contribution in [-0.2, 0) is 9.47 Å². The SMILES string of the molecule is COCOC1CCC(NC(=O)c2[nH]ncc2NC(=O)c2c(OC)ccc(F)c2F)CC1.[HH]. The van der Waals surface area contributed by atoms with Gasteiger partial charge < -0.3 is 24.8 Å². The van der Waals surface area contributed by atoms with E-state index < -0.39 is 29.0 Å². The fourth-order valence-corrected chi connectivity index (χ4v) is 3.45. The average Bonchev–Trinajstić information content (AvgIpc) is 3.23. The largest absolute Gasteiger partial charge is 0.496 e. The smallest absolute Gasteiger partial charge is 0.271 e. The van der Waals surface area contributed by atoms with E-state index in [1.54, 1.807) is 7.11 Å². The molecule has 1 aliphatic carbocycles. The Kier molecular flexibility index (Phi) is 7.53. The van der Waals surface area contributed by atoms with Crippen molar-refractivity contribution in [1.82, 2.24) is 15.5 Å². The maximum Gasteiger partial charge on any atom is 0.271 e. The van der Waals surface area contributed by atoms with E-state index in [-0.39, 0.29) is 37.5 Å². The van der Waals surface area contributed by atoms with Crippen LogP contribution in [0, 0.1) is 11.6 Å². The Labute approximate surface area is 178 Å². The van der Waals surface area contributed by atoms with E-state index in [2.05, 4.69) is 20.8 Å². The molecule has 2 amide bonds. The lowest BCUT2D eigenvalue weighted by Crippen LogP contribution is -2.39. The second kappa shape index (κ2) is 10.3. The summed E-state index contributed by atoms with van der Waals surface area (Å²) in [5, 5.41) is 11.6. The maximum atomic E-state index is 14.2. The molecule has 0 aliphatic heterocycles. The topological polar surface area (TPSA) is 115 Å². The number of ether oxygens (including phenoxy) is 3. The average molecular weight is 440 g/mol. The van der Waals surface area contributed by atoms with E-state index in [1.807, 2.05) is 0 Å². The van der Waals surface area contributed by atoms with Crippen molar-refractivity contribution >= 4 is 17.5 Å². The Balaban J connectivity index is 0.00000363. The number of carbonyl (C=O) groups is 2. The minimum atomic E-state index is -1.35. The quantitative estimate of drug-likeness (QED) is 0.544. The molecule has 0 unspecified atom stereocenters. The number of methoxy groups -OCH3 is 2. The number of hydrogen-bond acceptors (Lipinski definition) is 6. The third-order valence-corrected chi connectivity index (χ3v) is 5.05. The van der Waals surface area contributed by atoms with Gasteiger partial charge >= 0.3 is 0 Å². The maximum absolute atomic E-state index is 14.2. The molecule has 0 spiro atoms. The second-order valence-corrected chi connectivity index (χ2v) is 7.07. The summed E-state index contributed by atoms with van der Waals surface area (Å²) in [6.07, 6.45) is 4.31. The van der Waals surface area contributed by atoms with E-state index in [4.69, 9.17) is 14.2 Å². The first-order valence-electron chi connectivity index (χ1n) is 9.72. The van der Waals surface area contributed by atoms with Crippen LogP contribution in [0.4, 0.5) is 14.5 Å². The molecule has 31 heavy (non-hydrogen) atoms. The third-order valence-electron chi connectivity index (χ3n) is 5.05. The number of carbonyl (C=O) groups excluding carboxylic acids is 2. The zero-order chi connectivity index (χ0) is 22.4. The highest BCUT2D eigenvalue weighted by Gasteiger charge is 2.26. The summed E-state index contributed by atoms with van der Waals surface area (Å²) in [6.45, 7) is 0.232. The molecule has 1 heterocycles. The summed E-state index contributed by atoms with van der Waals surface area (Å²) < 4.78 is 43.1. The van der Waals surface area contributed by atoms with Crippen LogP contribution in [0.15, 0.2) is 18.3 Å². The van der Waals surface area contributed by atoms with Gasteiger partial charge in [-0.1, -0.05) is 0 Å².